The van der Waals surface area contributed by atoms with Crippen LogP contribution in [0.3, 0.4) is 0 Å². The fourth-order valence-corrected chi connectivity index (χ4v) is 2.07. The average molecular weight is 258 g/mol. The fourth-order valence-electron chi connectivity index (χ4n) is 2.07. The Labute approximate surface area is 110 Å². The zero-order valence-corrected chi connectivity index (χ0v) is 10.8. The van der Waals surface area contributed by atoms with Crippen LogP contribution in [0.15, 0.2) is 30.5 Å². The van der Waals surface area contributed by atoms with Crippen LogP contribution in [-0.2, 0) is 16.1 Å². The van der Waals surface area contributed by atoms with Crippen molar-refractivity contribution in [2.75, 3.05) is 7.11 Å². The summed E-state index contributed by atoms with van der Waals surface area (Å²) in [7, 11) is 1.23. The highest BCUT2D eigenvalue weighted by molar-refractivity contribution is 5.86. The molecule has 5 nitrogen and oxygen atoms in total. The van der Waals surface area contributed by atoms with Gasteiger partial charge in [-0.25, -0.2) is 4.79 Å². The van der Waals surface area contributed by atoms with Gasteiger partial charge in [0, 0.05) is 17.1 Å². The number of aromatic nitrogens is 1. The van der Waals surface area contributed by atoms with E-state index in [2.05, 4.69) is 10.8 Å². The highest BCUT2D eigenvalue weighted by Gasteiger charge is 2.32. The summed E-state index contributed by atoms with van der Waals surface area (Å²) in [5.74, 6) is -0.689. The van der Waals surface area contributed by atoms with E-state index in [9.17, 15) is 9.90 Å². The van der Waals surface area contributed by atoms with Crippen molar-refractivity contribution in [3.63, 3.8) is 0 Å². The van der Waals surface area contributed by atoms with E-state index in [0.717, 1.165) is 10.9 Å². The number of fused-ring (bicyclic) bond motifs is 1. The lowest BCUT2D eigenvalue weighted by atomic mass is 10.1. The molecule has 0 aliphatic rings. The van der Waals surface area contributed by atoms with E-state index in [1.54, 1.807) is 29.0 Å². The normalized spacial score (nSPS) is 13.8. The van der Waals surface area contributed by atoms with Crippen LogP contribution >= 0.6 is 0 Å². The number of carbonyl (C=O) groups excluding carboxylic acids is 1. The molecule has 0 radical (unpaired) electrons. The first-order valence-electron chi connectivity index (χ1n) is 5.78. The Balaban J connectivity index is 2.43. The number of rotatable bonds is 3. The van der Waals surface area contributed by atoms with Crippen molar-refractivity contribution in [3.8, 4) is 6.07 Å². The predicted molar refractivity (Wildman–Crippen MR) is 69.3 cm³/mol. The first-order chi connectivity index (χ1) is 8.99. The van der Waals surface area contributed by atoms with Gasteiger partial charge in [-0.2, -0.15) is 5.26 Å². The van der Waals surface area contributed by atoms with Gasteiger partial charge in [0.05, 0.1) is 25.3 Å². The van der Waals surface area contributed by atoms with E-state index in [1.807, 2.05) is 6.07 Å². The van der Waals surface area contributed by atoms with Crippen molar-refractivity contribution >= 4 is 16.9 Å². The zero-order chi connectivity index (χ0) is 14.0. The lowest BCUT2D eigenvalue weighted by Gasteiger charge is -2.21. The first kappa shape index (κ1) is 13.1. The number of benzene rings is 1. The number of esters is 1. The van der Waals surface area contributed by atoms with E-state index in [1.165, 1.54) is 14.0 Å². The van der Waals surface area contributed by atoms with Gasteiger partial charge < -0.3 is 14.4 Å². The molecule has 1 unspecified atom stereocenters. The van der Waals surface area contributed by atoms with Crippen LogP contribution in [0.1, 0.15) is 12.5 Å². The molecule has 0 bridgehead atoms. The topological polar surface area (TPSA) is 75.2 Å². The second-order valence-corrected chi connectivity index (χ2v) is 4.56. The minimum Gasteiger partial charge on any atom is -0.467 e. The smallest absolute Gasteiger partial charge is 0.339 e. The van der Waals surface area contributed by atoms with E-state index < -0.39 is 11.6 Å². The van der Waals surface area contributed by atoms with Crippen LogP contribution in [-0.4, -0.2) is 28.4 Å². The van der Waals surface area contributed by atoms with Crippen LogP contribution in [0.4, 0.5) is 0 Å². The minimum atomic E-state index is -1.61. The molecule has 0 aliphatic carbocycles. The van der Waals surface area contributed by atoms with Gasteiger partial charge in [-0.15, -0.1) is 0 Å². The Morgan fingerprint density at radius 3 is 2.89 bits per heavy atom. The number of aliphatic hydroxyl groups is 1. The number of methoxy groups -OCH3 is 1. The monoisotopic (exact) mass is 258 g/mol. The second-order valence-electron chi connectivity index (χ2n) is 4.56. The molecule has 0 fully saturated rings. The fraction of sp³-hybridized carbons (Fsp3) is 0.286. The Bertz CT molecular complexity index is 665. The highest BCUT2D eigenvalue weighted by atomic mass is 16.5. The Kier molecular flexibility index (Phi) is 3.28. The Morgan fingerprint density at radius 1 is 1.53 bits per heavy atom. The molecule has 1 aromatic heterocycles. The third kappa shape index (κ3) is 2.30. The molecule has 1 aromatic carbocycles. The summed E-state index contributed by atoms with van der Waals surface area (Å²) in [4.78, 5) is 11.5. The first-order valence-corrected chi connectivity index (χ1v) is 5.78. The predicted octanol–water partition coefficient (Wildman–Crippen LogP) is 1.44. The molecule has 2 rings (SSSR count). The molecule has 19 heavy (non-hydrogen) atoms. The molecule has 98 valence electrons. The van der Waals surface area contributed by atoms with Gasteiger partial charge in [0.1, 0.15) is 0 Å². The second kappa shape index (κ2) is 4.75. The minimum absolute atomic E-state index is 0.0675. The van der Waals surface area contributed by atoms with Crippen molar-refractivity contribution in [2.45, 2.75) is 19.1 Å². The third-order valence-corrected chi connectivity index (χ3v) is 3.04. The Hall–Kier alpha value is -2.32. The molecule has 2 aromatic rings. The number of carbonyl (C=O) groups is 1. The van der Waals surface area contributed by atoms with Crippen LogP contribution < -0.4 is 0 Å². The maximum atomic E-state index is 11.5. The largest absolute Gasteiger partial charge is 0.467 e. The van der Waals surface area contributed by atoms with Gasteiger partial charge in [0.25, 0.3) is 0 Å². The molecule has 1 atom stereocenters. The van der Waals surface area contributed by atoms with Crippen molar-refractivity contribution < 1.29 is 14.6 Å². The summed E-state index contributed by atoms with van der Waals surface area (Å²) in [6, 6.07) is 9.24. The molecule has 1 N–H and O–H groups in total. The van der Waals surface area contributed by atoms with Crippen LogP contribution in [0.5, 0.6) is 0 Å². The van der Waals surface area contributed by atoms with Crippen LogP contribution in [0.25, 0.3) is 10.9 Å². The summed E-state index contributed by atoms with van der Waals surface area (Å²) in [5.41, 5.74) is -0.249. The summed E-state index contributed by atoms with van der Waals surface area (Å²) in [6.07, 6.45) is 1.74. The SMILES string of the molecule is COC(=O)C(C)(O)Cn1ccc2c(C#N)cccc21. The average Bonchev–Trinajstić information content (AvgIpc) is 2.80. The van der Waals surface area contributed by atoms with Crippen molar-refractivity contribution in [3.05, 3.63) is 36.0 Å². The summed E-state index contributed by atoms with van der Waals surface area (Å²) in [5, 5.41) is 19.9. The molecule has 5 heteroatoms. The number of nitriles is 1. The standard InChI is InChI=1S/C14H14N2O3/c1-14(18,13(17)19-2)9-16-7-6-11-10(8-15)4-3-5-12(11)16/h3-7,18H,9H2,1-2H3. The number of ether oxygens (including phenoxy) is 1. The van der Waals surface area contributed by atoms with Gasteiger partial charge in [-0.3, -0.25) is 0 Å². The third-order valence-electron chi connectivity index (χ3n) is 3.04. The van der Waals surface area contributed by atoms with Crippen molar-refractivity contribution in [1.82, 2.24) is 4.57 Å². The molecule has 0 aliphatic heterocycles. The van der Waals surface area contributed by atoms with E-state index >= 15 is 0 Å². The van der Waals surface area contributed by atoms with E-state index in [4.69, 9.17) is 5.26 Å². The summed E-state index contributed by atoms with van der Waals surface area (Å²) in [6.45, 7) is 1.47. The van der Waals surface area contributed by atoms with Crippen LogP contribution in [0, 0.1) is 11.3 Å². The highest BCUT2D eigenvalue weighted by Crippen LogP contribution is 2.22. The van der Waals surface area contributed by atoms with E-state index in [-0.39, 0.29) is 6.54 Å². The quantitative estimate of drug-likeness (QED) is 0.845. The lowest BCUT2D eigenvalue weighted by Crippen LogP contribution is -2.40. The summed E-state index contributed by atoms with van der Waals surface area (Å²) >= 11 is 0. The number of nitrogens with zero attached hydrogens (tertiary/aromatic N) is 2. The maximum Gasteiger partial charge on any atom is 0.339 e. The molecule has 0 saturated carbocycles. The van der Waals surface area contributed by atoms with Gasteiger partial charge in [-0.1, -0.05) is 6.07 Å². The van der Waals surface area contributed by atoms with Crippen LogP contribution in [0.2, 0.25) is 0 Å². The zero-order valence-electron chi connectivity index (χ0n) is 10.8. The molecule has 0 spiro atoms. The van der Waals surface area contributed by atoms with Gasteiger partial charge in [0.15, 0.2) is 5.60 Å². The van der Waals surface area contributed by atoms with Crippen molar-refractivity contribution in [1.29, 1.82) is 5.26 Å². The molecule has 1 heterocycles. The summed E-state index contributed by atoms with van der Waals surface area (Å²) < 4.78 is 6.30. The van der Waals surface area contributed by atoms with Crippen molar-refractivity contribution in [2.24, 2.45) is 0 Å². The number of hydrogen-bond acceptors (Lipinski definition) is 4. The van der Waals surface area contributed by atoms with E-state index in [0.29, 0.717) is 5.56 Å². The molecular formula is C14H14N2O3. The van der Waals surface area contributed by atoms with Gasteiger partial charge in [0.2, 0.25) is 0 Å². The number of hydrogen-bond donors (Lipinski definition) is 1. The Morgan fingerprint density at radius 2 is 2.26 bits per heavy atom. The molecular weight excluding hydrogens is 244 g/mol. The van der Waals surface area contributed by atoms with Gasteiger partial charge in [-0.05, 0) is 25.1 Å². The van der Waals surface area contributed by atoms with Gasteiger partial charge >= 0.3 is 5.97 Å². The maximum absolute atomic E-state index is 11.5. The molecule has 0 amide bonds. The lowest BCUT2D eigenvalue weighted by molar-refractivity contribution is -0.161. The molecule has 0 saturated heterocycles.